The molecule has 1 aliphatic heterocycles. The lowest BCUT2D eigenvalue weighted by Crippen LogP contribution is -2.50. The minimum Gasteiger partial charge on any atom is -0.450 e. The van der Waals surface area contributed by atoms with Crippen LogP contribution in [0.5, 0.6) is 0 Å². The molecule has 1 aliphatic rings. The normalized spacial score (nSPS) is 16.3. The first-order chi connectivity index (χ1) is 11.6. The second kappa shape index (κ2) is 9.93. The number of rotatable bonds is 8. The van der Waals surface area contributed by atoms with Crippen LogP contribution in [0.25, 0.3) is 0 Å². The maximum Gasteiger partial charge on any atom is 0.409 e. The van der Waals surface area contributed by atoms with Crippen molar-refractivity contribution in [2.75, 3.05) is 59.7 Å². The molecule has 1 rings (SSSR count). The summed E-state index contributed by atoms with van der Waals surface area (Å²) in [6, 6.07) is -0.0616. The van der Waals surface area contributed by atoms with E-state index in [0.717, 1.165) is 6.26 Å². The van der Waals surface area contributed by atoms with E-state index in [2.05, 4.69) is 5.32 Å². The SMILES string of the molecule is CCOC(=O)N1CCC(NC(=O)CN(CCN(C)C)S(C)(=O)=O)CC1. The number of amides is 2. The summed E-state index contributed by atoms with van der Waals surface area (Å²) in [4.78, 5) is 27.3. The van der Waals surface area contributed by atoms with Crippen LogP contribution in [0.3, 0.4) is 0 Å². The molecule has 2 amide bonds. The Labute approximate surface area is 150 Å². The Balaban J connectivity index is 2.46. The number of hydrogen-bond acceptors (Lipinski definition) is 6. The first kappa shape index (κ1) is 21.7. The van der Waals surface area contributed by atoms with Gasteiger partial charge in [-0.3, -0.25) is 4.79 Å². The molecule has 9 nitrogen and oxygen atoms in total. The Morgan fingerprint density at radius 2 is 1.80 bits per heavy atom. The highest BCUT2D eigenvalue weighted by Crippen LogP contribution is 2.11. The average Bonchev–Trinajstić information content (AvgIpc) is 2.51. The second-order valence-electron chi connectivity index (χ2n) is 6.43. The summed E-state index contributed by atoms with van der Waals surface area (Å²) in [6.07, 6.45) is 2.02. The third-order valence-electron chi connectivity index (χ3n) is 3.97. The van der Waals surface area contributed by atoms with Crippen molar-refractivity contribution < 1.29 is 22.7 Å². The number of nitrogens with zero attached hydrogens (tertiary/aromatic N) is 3. The molecule has 0 bridgehead atoms. The molecule has 10 heteroatoms. The zero-order valence-corrected chi connectivity index (χ0v) is 16.3. The van der Waals surface area contributed by atoms with Crippen molar-refractivity contribution in [3.8, 4) is 0 Å². The highest BCUT2D eigenvalue weighted by molar-refractivity contribution is 7.88. The van der Waals surface area contributed by atoms with Crippen molar-refractivity contribution in [1.82, 2.24) is 19.4 Å². The van der Waals surface area contributed by atoms with Gasteiger partial charge in [-0.1, -0.05) is 0 Å². The van der Waals surface area contributed by atoms with Crippen LogP contribution in [-0.2, 0) is 19.6 Å². The monoisotopic (exact) mass is 378 g/mol. The summed E-state index contributed by atoms with van der Waals surface area (Å²) >= 11 is 0. The number of sulfonamides is 1. The van der Waals surface area contributed by atoms with Crippen LogP contribution in [0.15, 0.2) is 0 Å². The van der Waals surface area contributed by atoms with E-state index in [0.29, 0.717) is 39.1 Å². The highest BCUT2D eigenvalue weighted by atomic mass is 32.2. The van der Waals surface area contributed by atoms with E-state index in [1.54, 1.807) is 11.8 Å². The maximum absolute atomic E-state index is 12.2. The molecular formula is C15H30N4O5S. The molecule has 0 aliphatic carbocycles. The Hall–Kier alpha value is -1.39. The molecule has 0 saturated carbocycles. The Morgan fingerprint density at radius 3 is 2.28 bits per heavy atom. The molecule has 0 aromatic carbocycles. The Bertz CT molecular complexity index is 544. The van der Waals surface area contributed by atoms with Gasteiger partial charge in [0.1, 0.15) is 0 Å². The van der Waals surface area contributed by atoms with Crippen LogP contribution in [0.1, 0.15) is 19.8 Å². The number of ether oxygens (including phenoxy) is 1. The summed E-state index contributed by atoms with van der Waals surface area (Å²) in [5, 5.41) is 2.86. The molecule has 25 heavy (non-hydrogen) atoms. The standard InChI is InChI=1S/C15H30N4O5S/c1-5-24-15(21)18-8-6-13(7-9-18)16-14(20)12-19(25(4,22)23)11-10-17(2)3/h13H,5-12H2,1-4H3,(H,16,20). The van der Waals surface area contributed by atoms with Gasteiger partial charge >= 0.3 is 6.09 Å². The minimum absolute atomic E-state index is 0.0616. The van der Waals surface area contributed by atoms with Crippen molar-refractivity contribution in [1.29, 1.82) is 0 Å². The van der Waals surface area contributed by atoms with Gasteiger partial charge in [-0.15, -0.1) is 0 Å². The van der Waals surface area contributed by atoms with Crippen molar-refractivity contribution in [3.63, 3.8) is 0 Å². The quantitative estimate of drug-likeness (QED) is 0.614. The van der Waals surface area contributed by atoms with Crippen LogP contribution in [0.4, 0.5) is 4.79 Å². The van der Waals surface area contributed by atoms with E-state index in [1.807, 2.05) is 19.0 Å². The molecule has 1 heterocycles. The molecule has 0 aromatic rings. The van der Waals surface area contributed by atoms with Gasteiger partial charge in [0.15, 0.2) is 0 Å². The predicted molar refractivity (Wildman–Crippen MR) is 94.7 cm³/mol. The number of piperidine rings is 1. The van der Waals surface area contributed by atoms with E-state index in [4.69, 9.17) is 4.74 Å². The van der Waals surface area contributed by atoms with Gasteiger partial charge in [0.05, 0.1) is 19.4 Å². The molecule has 146 valence electrons. The molecule has 1 N–H and O–H groups in total. The highest BCUT2D eigenvalue weighted by Gasteiger charge is 2.26. The van der Waals surface area contributed by atoms with Gasteiger partial charge < -0.3 is 19.9 Å². The predicted octanol–water partition coefficient (Wildman–Crippen LogP) is -0.453. The average molecular weight is 378 g/mol. The fourth-order valence-corrected chi connectivity index (χ4v) is 3.29. The van der Waals surface area contributed by atoms with E-state index >= 15 is 0 Å². The van der Waals surface area contributed by atoms with E-state index in [1.165, 1.54) is 4.31 Å². The number of likely N-dealkylation sites (tertiary alicyclic amines) is 1. The Morgan fingerprint density at radius 1 is 1.20 bits per heavy atom. The number of carbonyl (C=O) groups excluding carboxylic acids is 2. The van der Waals surface area contributed by atoms with Crippen molar-refractivity contribution in [2.24, 2.45) is 0 Å². The van der Waals surface area contributed by atoms with Crippen LogP contribution in [-0.4, -0.2) is 100 Å². The van der Waals surface area contributed by atoms with Crippen molar-refractivity contribution >= 4 is 22.0 Å². The molecule has 1 saturated heterocycles. The van der Waals surface area contributed by atoms with Crippen LogP contribution in [0.2, 0.25) is 0 Å². The lowest BCUT2D eigenvalue weighted by atomic mass is 10.1. The molecule has 0 unspecified atom stereocenters. The summed E-state index contributed by atoms with van der Waals surface area (Å²) < 4.78 is 29.8. The molecule has 0 spiro atoms. The largest absolute Gasteiger partial charge is 0.450 e. The van der Waals surface area contributed by atoms with Gasteiger partial charge in [0.2, 0.25) is 15.9 Å². The molecule has 1 fully saturated rings. The van der Waals surface area contributed by atoms with Crippen LogP contribution >= 0.6 is 0 Å². The van der Waals surface area contributed by atoms with Crippen molar-refractivity contribution in [2.45, 2.75) is 25.8 Å². The smallest absolute Gasteiger partial charge is 0.409 e. The van der Waals surface area contributed by atoms with Crippen LogP contribution < -0.4 is 5.32 Å². The third-order valence-corrected chi connectivity index (χ3v) is 5.22. The summed E-state index contributed by atoms with van der Waals surface area (Å²) in [7, 11) is 0.244. The zero-order chi connectivity index (χ0) is 19.0. The molecule has 0 radical (unpaired) electrons. The maximum atomic E-state index is 12.2. The fraction of sp³-hybridized carbons (Fsp3) is 0.867. The molecule has 0 aromatic heterocycles. The summed E-state index contributed by atoms with van der Waals surface area (Å²) in [5.74, 6) is -0.321. The molecular weight excluding hydrogens is 348 g/mol. The number of carbonyl (C=O) groups is 2. The second-order valence-corrected chi connectivity index (χ2v) is 8.41. The lowest BCUT2D eigenvalue weighted by molar-refractivity contribution is -0.122. The Kier molecular flexibility index (Phi) is 8.60. The van der Waals surface area contributed by atoms with Crippen LogP contribution in [0, 0.1) is 0 Å². The number of nitrogens with one attached hydrogen (secondary N) is 1. The van der Waals surface area contributed by atoms with E-state index in [9.17, 15) is 18.0 Å². The van der Waals surface area contributed by atoms with Crippen molar-refractivity contribution in [3.05, 3.63) is 0 Å². The summed E-state index contributed by atoms with van der Waals surface area (Å²) in [6.45, 7) is 3.74. The van der Waals surface area contributed by atoms with Gasteiger partial charge in [-0.05, 0) is 33.9 Å². The minimum atomic E-state index is -3.45. The summed E-state index contributed by atoms with van der Waals surface area (Å²) in [5.41, 5.74) is 0. The first-order valence-corrected chi connectivity index (χ1v) is 10.3. The van der Waals surface area contributed by atoms with Gasteiger partial charge in [-0.2, -0.15) is 4.31 Å². The number of hydrogen-bond donors (Lipinski definition) is 1. The fourth-order valence-electron chi connectivity index (χ4n) is 2.53. The van der Waals surface area contributed by atoms with Gasteiger partial charge in [0, 0.05) is 32.2 Å². The first-order valence-electron chi connectivity index (χ1n) is 8.44. The topological polar surface area (TPSA) is 99.3 Å². The van der Waals surface area contributed by atoms with E-state index < -0.39 is 10.0 Å². The number of likely N-dealkylation sites (N-methyl/N-ethyl adjacent to an activating group) is 1. The lowest BCUT2D eigenvalue weighted by Gasteiger charge is -2.32. The molecule has 0 atom stereocenters. The van der Waals surface area contributed by atoms with Gasteiger partial charge in [-0.25, -0.2) is 13.2 Å². The van der Waals surface area contributed by atoms with Gasteiger partial charge in [0.25, 0.3) is 0 Å². The van der Waals surface area contributed by atoms with E-state index in [-0.39, 0.29) is 31.1 Å². The zero-order valence-electron chi connectivity index (χ0n) is 15.5. The third kappa shape index (κ3) is 8.02.